The standard InChI is InChI=1S/C6H8BrNO/c1-4(3-8)6(9)5(2)7/h4-5H,1-2H3. The molecule has 2 atom stereocenters. The lowest BCUT2D eigenvalue weighted by Crippen LogP contribution is -2.17. The molecule has 0 saturated carbocycles. The highest BCUT2D eigenvalue weighted by atomic mass is 79.9. The van der Waals surface area contributed by atoms with Gasteiger partial charge >= 0.3 is 0 Å². The van der Waals surface area contributed by atoms with Crippen molar-refractivity contribution in [2.75, 3.05) is 0 Å². The lowest BCUT2D eigenvalue weighted by Gasteiger charge is -2.01. The van der Waals surface area contributed by atoms with Crippen LogP contribution >= 0.6 is 15.9 Å². The summed E-state index contributed by atoms with van der Waals surface area (Å²) in [5.74, 6) is -0.545. The van der Waals surface area contributed by atoms with Gasteiger partial charge < -0.3 is 0 Å². The lowest BCUT2D eigenvalue weighted by atomic mass is 10.1. The minimum Gasteiger partial charge on any atom is -0.297 e. The van der Waals surface area contributed by atoms with Gasteiger partial charge in [-0.1, -0.05) is 15.9 Å². The summed E-state index contributed by atoms with van der Waals surface area (Å²) in [6, 6.07) is 1.87. The molecule has 0 heterocycles. The van der Waals surface area contributed by atoms with E-state index in [4.69, 9.17) is 5.26 Å². The number of nitriles is 1. The fraction of sp³-hybridized carbons (Fsp3) is 0.667. The molecule has 0 radical (unpaired) electrons. The van der Waals surface area contributed by atoms with Gasteiger partial charge in [-0.3, -0.25) is 4.79 Å². The molecule has 0 fully saturated rings. The minimum absolute atomic E-state index is 0.0579. The molecule has 0 bridgehead atoms. The van der Waals surface area contributed by atoms with Crippen LogP contribution in [0.4, 0.5) is 0 Å². The molecule has 2 nitrogen and oxygen atoms in total. The van der Waals surface area contributed by atoms with E-state index in [2.05, 4.69) is 15.9 Å². The third kappa shape index (κ3) is 2.62. The number of nitrogens with zero attached hydrogens (tertiary/aromatic N) is 1. The average molecular weight is 190 g/mol. The van der Waals surface area contributed by atoms with Gasteiger partial charge in [-0.2, -0.15) is 5.26 Å². The molecule has 0 rings (SSSR count). The Bertz CT molecular complexity index is 148. The first-order chi connectivity index (χ1) is 4.09. The first-order valence-corrected chi connectivity index (χ1v) is 3.58. The van der Waals surface area contributed by atoms with Gasteiger partial charge in [0.1, 0.15) is 5.92 Å². The summed E-state index contributed by atoms with van der Waals surface area (Å²) >= 11 is 3.08. The summed E-state index contributed by atoms with van der Waals surface area (Å²) in [4.78, 5) is 10.6. The van der Waals surface area contributed by atoms with Crippen molar-refractivity contribution in [3.05, 3.63) is 0 Å². The van der Waals surface area contributed by atoms with Crippen LogP contribution in [0.2, 0.25) is 0 Å². The smallest absolute Gasteiger partial charge is 0.162 e. The zero-order valence-corrected chi connectivity index (χ0v) is 6.97. The second-order valence-corrected chi connectivity index (χ2v) is 3.24. The summed E-state index contributed by atoms with van der Waals surface area (Å²) in [6.45, 7) is 3.32. The number of alkyl halides is 1. The van der Waals surface area contributed by atoms with Crippen molar-refractivity contribution in [2.24, 2.45) is 5.92 Å². The maximum absolute atomic E-state index is 10.8. The van der Waals surface area contributed by atoms with Crippen molar-refractivity contribution in [1.29, 1.82) is 5.26 Å². The molecule has 0 N–H and O–H groups in total. The van der Waals surface area contributed by atoms with Gasteiger partial charge in [-0.05, 0) is 13.8 Å². The Morgan fingerprint density at radius 2 is 2.11 bits per heavy atom. The van der Waals surface area contributed by atoms with Crippen LogP contribution < -0.4 is 0 Å². The molecule has 9 heavy (non-hydrogen) atoms. The van der Waals surface area contributed by atoms with Crippen LogP contribution in [-0.4, -0.2) is 10.6 Å². The van der Waals surface area contributed by atoms with E-state index in [0.29, 0.717) is 0 Å². The number of hydrogen-bond acceptors (Lipinski definition) is 2. The molecule has 0 amide bonds. The highest BCUT2D eigenvalue weighted by Gasteiger charge is 2.15. The average Bonchev–Trinajstić information content (AvgIpc) is 1.84. The Balaban J connectivity index is 3.92. The number of halogens is 1. The van der Waals surface area contributed by atoms with Crippen LogP contribution in [-0.2, 0) is 4.79 Å². The fourth-order valence-corrected chi connectivity index (χ4v) is 0.805. The summed E-state index contributed by atoms with van der Waals surface area (Å²) in [5.41, 5.74) is 0. The second kappa shape index (κ2) is 3.62. The van der Waals surface area contributed by atoms with E-state index in [1.807, 2.05) is 6.07 Å². The van der Waals surface area contributed by atoms with E-state index < -0.39 is 5.92 Å². The molecular weight excluding hydrogens is 182 g/mol. The van der Waals surface area contributed by atoms with Gasteiger partial charge in [0.15, 0.2) is 5.78 Å². The topological polar surface area (TPSA) is 40.9 Å². The molecule has 3 heteroatoms. The van der Waals surface area contributed by atoms with Crippen LogP contribution in [0.3, 0.4) is 0 Å². The highest BCUT2D eigenvalue weighted by Crippen LogP contribution is 2.06. The Labute approximate surface area is 63.0 Å². The summed E-state index contributed by atoms with van der Waals surface area (Å²) in [5, 5.41) is 8.26. The van der Waals surface area contributed by atoms with Crippen LogP contribution in [0.5, 0.6) is 0 Å². The zero-order valence-electron chi connectivity index (χ0n) is 5.39. The van der Waals surface area contributed by atoms with Gasteiger partial charge in [0, 0.05) is 0 Å². The predicted molar refractivity (Wildman–Crippen MR) is 38.2 cm³/mol. The minimum atomic E-state index is -0.487. The van der Waals surface area contributed by atoms with Crippen molar-refractivity contribution in [2.45, 2.75) is 18.7 Å². The molecule has 0 aromatic carbocycles. The molecule has 0 aromatic rings. The van der Waals surface area contributed by atoms with E-state index in [-0.39, 0.29) is 10.6 Å². The van der Waals surface area contributed by atoms with Crippen molar-refractivity contribution in [3.8, 4) is 6.07 Å². The normalized spacial score (nSPS) is 15.8. The Hall–Kier alpha value is -0.360. The Morgan fingerprint density at radius 3 is 2.22 bits per heavy atom. The Morgan fingerprint density at radius 1 is 1.67 bits per heavy atom. The number of Topliss-reactive ketones (excluding diaryl/α,β-unsaturated/α-hetero) is 1. The SMILES string of the molecule is CC(Br)C(=O)C(C)C#N. The monoisotopic (exact) mass is 189 g/mol. The van der Waals surface area contributed by atoms with E-state index in [1.54, 1.807) is 13.8 Å². The molecule has 0 spiro atoms. The highest BCUT2D eigenvalue weighted by molar-refractivity contribution is 9.10. The van der Waals surface area contributed by atoms with Gasteiger partial charge in [0.05, 0.1) is 10.9 Å². The van der Waals surface area contributed by atoms with Crippen LogP contribution in [0, 0.1) is 17.2 Å². The largest absolute Gasteiger partial charge is 0.297 e. The predicted octanol–water partition coefficient (Wildman–Crippen LogP) is 1.50. The summed E-state index contributed by atoms with van der Waals surface area (Å²) < 4.78 is 0. The Kier molecular flexibility index (Phi) is 3.48. The van der Waals surface area contributed by atoms with E-state index >= 15 is 0 Å². The number of carbonyl (C=O) groups excluding carboxylic acids is 1. The number of ketones is 1. The van der Waals surface area contributed by atoms with E-state index in [1.165, 1.54) is 0 Å². The zero-order chi connectivity index (χ0) is 7.44. The van der Waals surface area contributed by atoms with Crippen molar-refractivity contribution in [3.63, 3.8) is 0 Å². The van der Waals surface area contributed by atoms with Gasteiger partial charge in [0.2, 0.25) is 0 Å². The molecule has 50 valence electrons. The molecule has 0 aromatic heterocycles. The molecule has 0 aliphatic heterocycles. The number of hydrogen-bond donors (Lipinski definition) is 0. The molecular formula is C6H8BrNO. The van der Waals surface area contributed by atoms with Crippen LogP contribution in [0.15, 0.2) is 0 Å². The third-order valence-corrected chi connectivity index (χ3v) is 1.46. The second-order valence-electron chi connectivity index (χ2n) is 1.87. The van der Waals surface area contributed by atoms with E-state index in [9.17, 15) is 4.79 Å². The van der Waals surface area contributed by atoms with E-state index in [0.717, 1.165) is 0 Å². The summed E-state index contributed by atoms with van der Waals surface area (Å²) in [6.07, 6.45) is 0. The fourth-order valence-electron chi connectivity index (χ4n) is 0.408. The number of carbonyl (C=O) groups is 1. The maximum Gasteiger partial charge on any atom is 0.162 e. The first kappa shape index (κ1) is 8.64. The third-order valence-electron chi connectivity index (χ3n) is 1.01. The number of rotatable bonds is 2. The quantitative estimate of drug-likeness (QED) is 0.619. The van der Waals surface area contributed by atoms with Gasteiger partial charge in [-0.25, -0.2) is 0 Å². The lowest BCUT2D eigenvalue weighted by molar-refractivity contribution is -0.119. The van der Waals surface area contributed by atoms with Gasteiger partial charge in [-0.15, -0.1) is 0 Å². The van der Waals surface area contributed by atoms with Crippen molar-refractivity contribution in [1.82, 2.24) is 0 Å². The van der Waals surface area contributed by atoms with Crippen molar-refractivity contribution >= 4 is 21.7 Å². The van der Waals surface area contributed by atoms with Crippen molar-refractivity contribution < 1.29 is 4.79 Å². The molecule has 2 unspecified atom stereocenters. The maximum atomic E-state index is 10.8. The molecule has 0 aliphatic rings. The molecule has 0 saturated heterocycles. The first-order valence-electron chi connectivity index (χ1n) is 2.67. The van der Waals surface area contributed by atoms with Gasteiger partial charge in [0.25, 0.3) is 0 Å². The van der Waals surface area contributed by atoms with Crippen LogP contribution in [0.25, 0.3) is 0 Å². The van der Waals surface area contributed by atoms with Crippen LogP contribution in [0.1, 0.15) is 13.8 Å². The summed E-state index contributed by atoms with van der Waals surface area (Å²) in [7, 11) is 0. The molecule has 0 aliphatic carbocycles.